The molecule has 1 aliphatic carbocycles. The van der Waals surface area contributed by atoms with Crippen molar-refractivity contribution < 1.29 is 27.9 Å². The Morgan fingerprint density at radius 1 is 1.13 bits per heavy atom. The highest BCUT2D eigenvalue weighted by atomic mass is 19.4. The summed E-state index contributed by atoms with van der Waals surface area (Å²) in [6, 6.07) is 8.37. The van der Waals surface area contributed by atoms with Crippen LogP contribution >= 0.6 is 0 Å². The fraction of sp³-hybridized carbons (Fsp3) is 0.536. The molecule has 2 aromatic rings. The molecule has 1 atom stereocenters. The lowest BCUT2D eigenvalue weighted by Gasteiger charge is -2.37. The van der Waals surface area contributed by atoms with E-state index in [2.05, 4.69) is 20.5 Å². The highest BCUT2D eigenvalue weighted by Crippen LogP contribution is 2.36. The van der Waals surface area contributed by atoms with Gasteiger partial charge < -0.3 is 25.5 Å². The molecule has 11 heteroatoms. The summed E-state index contributed by atoms with van der Waals surface area (Å²) < 4.78 is 38.7. The summed E-state index contributed by atoms with van der Waals surface area (Å²) in [6.45, 7) is 1.54. The number of nitrogens with zero attached hydrogens (tertiary/aromatic N) is 3. The standard InChI is InChI=1S/C28H36F3N5O3/c1-35(2)17-19-6-7-24(32-15-19)27(39)11-8-22(9-12-27)34-23-10-13-36(18-23)25(37)16-33-26(38)20-4-3-5-21(14-20)28(29,30)31/h3-7,14-15,22-23,34,39H,8-13,16-18H2,1-2H3,(H,33,38). The predicted octanol–water partition coefficient (Wildman–Crippen LogP) is 2.91. The van der Waals surface area contributed by atoms with E-state index in [0.717, 1.165) is 43.5 Å². The molecular weight excluding hydrogens is 511 g/mol. The number of carbonyl (C=O) groups is 2. The Kier molecular flexibility index (Phi) is 8.93. The quantitative estimate of drug-likeness (QED) is 0.470. The van der Waals surface area contributed by atoms with E-state index in [-0.39, 0.29) is 30.1 Å². The Labute approximate surface area is 226 Å². The maximum Gasteiger partial charge on any atom is 0.416 e. The third kappa shape index (κ3) is 7.55. The van der Waals surface area contributed by atoms with Crippen molar-refractivity contribution in [1.82, 2.24) is 25.4 Å². The van der Waals surface area contributed by atoms with Gasteiger partial charge in [0.1, 0.15) is 5.60 Å². The zero-order valence-corrected chi connectivity index (χ0v) is 22.3. The number of rotatable bonds is 8. The van der Waals surface area contributed by atoms with Gasteiger partial charge in [-0.1, -0.05) is 12.1 Å². The van der Waals surface area contributed by atoms with E-state index in [0.29, 0.717) is 31.6 Å². The van der Waals surface area contributed by atoms with Gasteiger partial charge >= 0.3 is 6.18 Å². The lowest BCUT2D eigenvalue weighted by atomic mass is 9.79. The SMILES string of the molecule is CN(C)Cc1ccc(C2(O)CCC(NC3CCN(C(=O)CNC(=O)c4cccc(C(F)(F)F)c4)C3)CC2)nc1. The molecule has 1 aliphatic heterocycles. The van der Waals surface area contributed by atoms with Crippen molar-refractivity contribution >= 4 is 11.8 Å². The Balaban J connectivity index is 1.21. The van der Waals surface area contributed by atoms with Crippen LogP contribution in [0.2, 0.25) is 0 Å². The van der Waals surface area contributed by atoms with Crippen LogP contribution in [-0.2, 0) is 23.1 Å². The van der Waals surface area contributed by atoms with Crippen molar-refractivity contribution in [2.45, 2.75) is 62.5 Å². The summed E-state index contributed by atoms with van der Waals surface area (Å²) in [7, 11) is 4.00. The Hall–Kier alpha value is -3.02. The minimum absolute atomic E-state index is 0.104. The number of pyridine rings is 1. The molecule has 1 unspecified atom stereocenters. The number of amides is 2. The van der Waals surface area contributed by atoms with Crippen LogP contribution in [0.1, 0.15) is 59.3 Å². The first-order chi connectivity index (χ1) is 18.4. The molecule has 2 amide bonds. The number of benzene rings is 1. The van der Waals surface area contributed by atoms with E-state index >= 15 is 0 Å². The second-order valence-corrected chi connectivity index (χ2v) is 10.8. The van der Waals surface area contributed by atoms with E-state index in [1.54, 1.807) is 4.90 Å². The molecule has 2 aliphatic rings. The van der Waals surface area contributed by atoms with E-state index in [4.69, 9.17) is 0 Å². The van der Waals surface area contributed by atoms with Crippen molar-refractivity contribution in [3.8, 4) is 0 Å². The number of alkyl halides is 3. The number of hydrogen-bond donors (Lipinski definition) is 3. The number of carbonyl (C=O) groups excluding carboxylic acids is 2. The molecule has 1 saturated heterocycles. The number of nitrogens with one attached hydrogen (secondary N) is 2. The summed E-state index contributed by atoms with van der Waals surface area (Å²) in [5, 5.41) is 17.2. The van der Waals surface area contributed by atoms with Crippen LogP contribution < -0.4 is 10.6 Å². The first kappa shape index (κ1) is 29.0. The average Bonchev–Trinajstić information content (AvgIpc) is 3.37. The van der Waals surface area contributed by atoms with Gasteiger partial charge in [-0.3, -0.25) is 14.6 Å². The fourth-order valence-corrected chi connectivity index (χ4v) is 5.34. The molecule has 212 valence electrons. The van der Waals surface area contributed by atoms with E-state index in [1.165, 1.54) is 12.1 Å². The summed E-state index contributed by atoms with van der Waals surface area (Å²) >= 11 is 0. The highest BCUT2D eigenvalue weighted by Gasteiger charge is 2.37. The highest BCUT2D eigenvalue weighted by molar-refractivity contribution is 5.96. The van der Waals surface area contributed by atoms with E-state index in [9.17, 15) is 27.9 Å². The summed E-state index contributed by atoms with van der Waals surface area (Å²) in [4.78, 5) is 33.2. The Morgan fingerprint density at radius 2 is 1.87 bits per heavy atom. The average molecular weight is 548 g/mol. The van der Waals surface area contributed by atoms with Gasteiger partial charge in [-0.25, -0.2) is 0 Å². The molecular formula is C28H36F3N5O3. The zero-order chi connectivity index (χ0) is 28.2. The molecule has 39 heavy (non-hydrogen) atoms. The Morgan fingerprint density at radius 3 is 2.51 bits per heavy atom. The van der Waals surface area contributed by atoms with Crippen LogP contribution in [0, 0.1) is 0 Å². The molecule has 2 heterocycles. The van der Waals surface area contributed by atoms with Crippen LogP contribution in [-0.4, -0.2) is 77.5 Å². The number of likely N-dealkylation sites (tertiary alicyclic amines) is 1. The molecule has 1 saturated carbocycles. The van der Waals surface area contributed by atoms with Crippen LogP contribution in [0.4, 0.5) is 13.2 Å². The monoisotopic (exact) mass is 547 g/mol. The number of aromatic nitrogens is 1. The normalized spacial score (nSPS) is 23.7. The summed E-state index contributed by atoms with van der Waals surface area (Å²) in [5.41, 5.74) is -0.197. The summed E-state index contributed by atoms with van der Waals surface area (Å²) in [5.74, 6) is -0.999. The third-order valence-electron chi connectivity index (χ3n) is 7.48. The lowest BCUT2D eigenvalue weighted by molar-refractivity contribution is -0.137. The molecule has 1 aromatic carbocycles. The van der Waals surface area contributed by atoms with Crippen LogP contribution in [0.3, 0.4) is 0 Å². The molecule has 0 radical (unpaired) electrons. The second-order valence-electron chi connectivity index (χ2n) is 10.8. The van der Waals surface area contributed by atoms with Crippen LogP contribution in [0.25, 0.3) is 0 Å². The molecule has 2 fully saturated rings. The van der Waals surface area contributed by atoms with Crippen LogP contribution in [0.15, 0.2) is 42.6 Å². The molecule has 1 aromatic heterocycles. The first-order valence-electron chi connectivity index (χ1n) is 13.2. The maximum absolute atomic E-state index is 12.9. The van der Waals surface area contributed by atoms with Crippen LogP contribution in [0.5, 0.6) is 0 Å². The molecule has 0 bridgehead atoms. The summed E-state index contributed by atoms with van der Waals surface area (Å²) in [6.07, 6.45) is 0.815. The number of aliphatic hydroxyl groups is 1. The minimum atomic E-state index is -4.55. The van der Waals surface area contributed by atoms with Gasteiger partial charge in [0.25, 0.3) is 5.91 Å². The van der Waals surface area contributed by atoms with Gasteiger partial charge in [0.05, 0.1) is 17.8 Å². The predicted molar refractivity (Wildman–Crippen MR) is 140 cm³/mol. The lowest BCUT2D eigenvalue weighted by Crippen LogP contribution is -2.46. The van der Waals surface area contributed by atoms with Gasteiger partial charge in [0.2, 0.25) is 5.91 Å². The largest absolute Gasteiger partial charge is 0.416 e. The first-order valence-corrected chi connectivity index (χ1v) is 13.2. The minimum Gasteiger partial charge on any atom is -0.384 e. The van der Waals surface area contributed by atoms with Gasteiger partial charge in [0, 0.05) is 43.5 Å². The molecule has 3 N–H and O–H groups in total. The smallest absolute Gasteiger partial charge is 0.384 e. The Bertz CT molecular complexity index is 1150. The van der Waals surface area contributed by atoms with Crippen molar-refractivity contribution in [1.29, 1.82) is 0 Å². The van der Waals surface area contributed by atoms with Crippen molar-refractivity contribution in [2.75, 3.05) is 33.7 Å². The van der Waals surface area contributed by atoms with Gasteiger partial charge in [-0.15, -0.1) is 0 Å². The topological polar surface area (TPSA) is 97.8 Å². The number of halogens is 3. The molecule has 4 rings (SSSR count). The van der Waals surface area contributed by atoms with Gasteiger partial charge in [-0.05, 0) is 76.0 Å². The zero-order valence-electron chi connectivity index (χ0n) is 22.3. The van der Waals surface area contributed by atoms with Gasteiger partial charge in [0.15, 0.2) is 0 Å². The van der Waals surface area contributed by atoms with E-state index < -0.39 is 23.2 Å². The van der Waals surface area contributed by atoms with Crippen molar-refractivity contribution in [3.05, 3.63) is 65.0 Å². The van der Waals surface area contributed by atoms with E-state index in [1.807, 2.05) is 32.4 Å². The molecule has 8 nitrogen and oxygen atoms in total. The van der Waals surface area contributed by atoms with Crippen molar-refractivity contribution in [3.63, 3.8) is 0 Å². The third-order valence-corrected chi connectivity index (χ3v) is 7.48. The number of hydrogen-bond acceptors (Lipinski definition) is 6. The molecule has 0 spiro atoms. The second kappa shape index (κ2) is 12.0. The fourth-order valence-electron chi connectivity index (χ4n) is 5.34. The maximum atomic E-state index is 12.9. The van der Waals surface area contributed by atoms with Gasteiger partial charge in [-0.2, -0.15) is 13.2 Å². The van der Waals surface area contributed by atoms with Crippen molar-refractivity contribution in [2.24, 2.45) is 0 Å².